The van der Waals surface area contributed by atoms with Crippen molar-refractivity contribution < 1.29 is 4.79 Å². The van der Waals surface area contributed by atoms with Gasteiger partial charge in [0, 0.05) is 12.6 Å². The fraction of sp³-hybridized carbons (Fsp3) is 0.375. The molecule has 0 aliphatic rings. The van der Waals surface area contributed by atoms with Crippen LogP contribution in [0.1, 0.15) is 23.7 Å². The van der Waals surface area contributed by atoms with E-state index in [9.17, 15) is 4.79 Å². The molecule has 0 saturated carbocycles. The summed E-state index contributed by atoms with van der Waals surface area (Å²) in [5, 5.41) is 7.25. The number of nitrogens with one attached hydrogen (secondary N) is 1. The van der Waals surface area contributed by atoms with Crippen LogP contribution in [0.3, 0.4) is 0 Å². The first-order valence-corrected chi connectivity index (χ1v) is 7.15. The molecule has 0 fully saturated rings. The average Bonchev–Trinajstić information content (AvgIpc) is 2.73. The third kappa shape index (κ3) is 4.08. The molecule has 1 aromatic heterocycles. The van der Waals surface area contributed by atoms with E-state index in [0.717, 1.165) is 29.1 Å². The van der Waals surface area contributed by atoms with Crippen LogP contribution in [0.4, 0.5) is 5.82 Å². The summed E-state index contributed by atoms with van der Waals surface area (Å²) in [4.78, 5) is 12.3. The van der Waals surface area contributed by atoms with Crippen molar-refractivity contribution in [3.63, 3.8) is 0 Å². The van der Waals surface area contributed by atoms with Crippen molar-refractivity contribution in [1.82, 2.24) is 9.78 Å². The molecule has 0 aliphatic heterocycles. The molecule has 1 amide bonds. The van der Waals surface area contributed by atoms with Gasteiger partial charge in [-0.3, -0.25) is 9.48 Å². The third-order valence-electron chi connectivity index (χ3n) is 3.58. The predicted octanol–water partition coefficient (Wildman–Crippen LogP) is 2.22. The van der Waals surface area contributed by atoms with Gasteiger partial charge in [-0.1, -0.05) is 37.3 Å². The minimum Gasteiger partial charge on any atom is -0.320 e. The lowest BCUT2D eigenvalue weighted by molar-refractivity contribution is -0.117. The maximum absolute atomic E-state index is 12.3. The molecule has 1 aromatic carbocycles. The van der Waals surface area contributed by atoms with E-state index in [1.165, 1.54) is 0 Å². The highest BCUT2D eigenvalue weighted by Crippen LogP contribution is 2.19. The Kier molecular flexibility index (Phi) is 6.59. The highest BCUT2D eigenvalue weighted by atomic mass is 35.5. The monoisotopic (exact) mass is 322 g/mol. The molecule has 0 saturated heterocycles. The van der Waals surface area contributed by atoms with Crippen LogP contribution in [0.2, 0.25) is 0 Å². The van der Waals surface area contributed by atoms with Gasteiger partial charge in [-0.05, 0) is 25.3 Å². The highest BCUT2D eigenvalue weighted by molar-refractivity contribution is 5.94. The van der Waals surface area contributed by atoms with Gasteiger partial charge in [0.1, 0.15) is 5.82 Å². The normalized spacial score (nSPS) is 11.6. The zero-order valence-electron chi connectivity index (χ0n) is 13.2. The van der Waals surface area contributed by atoms with E-state index in [-0.39, 0.29) is 18.3 Å². The predicted molar refractivity (Wildman–Crippen MR) is 91.3 cm³/mol. The molecule has 0 radical (unpaired) electrons. The Balaban J connectivity index is 0.00000242. The van der Waals surface area contributed by atoms with Gasteiger partial charge in [0.25, 0.3) is 0 Å². The van der Waals surface area contributed by atoms with Crippen LogP contribution in [0.25, 0.3) is 0 Å². The standard InChI is InChI=1S/C16H22N4O.ClH/c1-4-13-11(2)19-20(3)15(13)18-16(21)14(17)10-12-8-6-5-7-9-12;/h5-9,14H,4,10,17H2,1-3H3,(H,18,21);1H/t14-;/m1./s1. The lowest BCUT2D eigenvalue weighted by Crippen LogP contribution is -2.38. The van der Waals surface area contributed by atoms with Crippen molar-refractivity contribution in [2.75, 3.05) is 5.32 Å². The quantitative estimate of drug-likeness (QED) is 0.886. The maximum atomic E-state index is 12.3. The molecule has 1 atom stereocenters. The summed E-state index contributed by atoms with van der Waals surface area (Å²) in [5.41, 5.74) is 9.05. The molecular weight excluding hydrogens is 300 g/mol. The van der Waals surface area contributed by atoms with Gasteiger partial charge < -0.3 is 11.1 Å². The van der Waals surface area contributed by atoms with E-state index < -0.39 is 6.04 Å². The molecule has 1 heterocycles. The van der Waals surface area contributed by atoms with Crippen LogP contribution in [0, 0.1) is 6.92 Å². The van der Waals surface area contributed by atoms with Crippen molar-refractivity contribution in [2.45, 2.75) is 32.7 Å². The number of hydrogen-bond donors (Lipinski definition) is 2. The van der Waals surface area contributed by atoms with E-state index >= 15 is 0 Å². The Hall–Kier alpha value is -1.85. The number of amides is 1. The molecule has 3 N–H and O–H groups in total. The zero-order chi connectivity index (χ0) is 15.4. The molecular formula is C16H23ClN4O. The van der Waals surface area contributed by atoms with Crippen LogP contribution in [0.15, 0.2) is 30.3 Å². The number of rotatable bonds is 5. The summed E-state index contributed by atoms with van der Waals surface area (Å²) in [6.07, 6.45) is 1.34. The Bertz CT molecular complexity index is 625. The third-order valence-corrected chi connectivity index (χ3v) is 3.58. The Morgan fingerprint density at radius 2 is 2.00 bits per heavy atom. The van der Waals surface area contributed by atoms with Gasteiger partial charge >= 0.3 is 0 Å². The van der Waals surface area contributed by atoms with Crippen LogP contribution in [-0.4, -0.2) is 21.7 Å². The Labute approximate surface area is 137 Å². The smallest absolute Gasteiger partial charge is 0.242 e. The second-order valence-corrected chi connectivity index (χ2v) is 5.18. The SMILES string of the molecule is CCc1c(C)nn(C)c1NC(=O)[C@H](N)Cc1ccccc1.Cl. The van der Waals surface area contributed by atoms with Gasteiger partial charge in [0.2, 0.25) is 5.91 Å². The topological polar surface area (TPSA) is 72.9 Å². The van der Waals surface area contributed by atoms with Crippen molar-refractivity contribution in [2.24, 2.45) is 12.8 Å². The number of nitrogens with two attached hydrogens (primary N) is 1. The summed E-state index contributed by atoms with van der Waals surface area (Å²) >= 11 is 0. The van der Waals surface area contributed by atoms with E-state index in [1.54, 1.807) is 4.68 Å². The summed E-state index contributed by atoms with van der Waals surface area (Å²) in [6.45, 7) is 3.99. The average molecular weight is 323 g/mol. The van der Waals surface area contributed by atoms with Gasteiger partial charge in [-0.2, -0.15) is 5.10 Å². The number of carbonyl (C=O) groups is 1. The fourth-order valence-corrected chi connectivity index (χ4v) is 2.45. The maximum Gasteiger partial charge on any atom is 0.242 e. The van der Waals surface area contributed by atoms with Crippen molar-refractivity contribution in [1.29, 1.82) is 0 Å². The van der Waals surface area contributed by atoms with Crippen LogP contribution >= 0.6 is 12.4 Å². The number of aryl methyl sites for hydroxylation is 2. The number of benzene rings is 1. The first kappa shape index (κ1) is 18.2. The molecule has 0 aliphatic carbocycles. The lowest BCUT2D eigenvalue weighted by Gasteiger charge is -2.13. The van der Waals surface area contributed by atoms with Gasteiger partial charge in [-0.15, -0.1) is 12.4 Å². The number of anilines is 1. The van der Waals surface area contributed by atoms with Crippen molar-refractivity contribution in [3.8, 4) is 0 Å². The highest BCUT2D eigenvalue weighted by Gasteiger charge is 2.19. The number of hydrogen-bond acceptors (Lipinski definition) is 3. The molecule has 5 nitrogen and oxygen atoms in total. The Morgan fingerprint density at radius 3 is 2.59 bits per heavy atom. The zero-order valence-corrected chi connectivity index (χ0v) is 14.0. The van der Waals surface area contributed by atoms with Crippen molar-refractivity contribution >= 4 is 24.1 Å². The lowest BCUT2D eigenvalue weighted by atomic mass is 10.1. The van der Waals surface area contributed by atoms with E-state index in [2.05, 4.69) is 10.4 Å². The molecule has 120 valence electrons. The van der Waals surface area contributed by atoms with Crippen LogP contribution in [-0.2, 0) is 24.7 Å². The molecule has 0 unspecified atom stereocenters. The summed E-state index contributed by atoms with van der Waals surface area (Å²) in [6, 6.07) is 9.20. The van der Waals surface area contributed by atoms with Gasteiger partial charge in [0.15, 0.2) is 0 Å². The first-order chi connectivity index (χ1) is 10.0. The largest absolute Gasteiger partial charge is 0.320 e. The van der Waals surface area contributed by atoms with Gasteiger partial charge in [-0.25, -0.2) is 0 Å². The van der Waals surface area contributed by atoms with E-state index in [4.69, 9.17) is 5.73 Å². The molecule has 0 bridgehead atoms. The fourth-order valence-electron chi connectivity index (χ4n) is 2.45. The number of nitrogens with zero attached hydrogens (tertiary/aromatic N) is 2. The van der Waals surface area contributed by atoms with Crippen LogP contribution in [0.5, 0.6) is 0 Å². The van der Waals surface area contributed by atoms with E-state index in [0.29, 0.717) is 6.42 Å². The Morgan fingerprint density at radius 1 is 1.36 bits per heavy atom. The summed E-state index contributed by atoms with van der Waals surface area (Å²) < 4.78 is 1.70. The minimum absolute atomic E-state index is 0. The second kappa shape index (κ2) is 7.96. The molecule has 22 heavy (non-hydrogen) atoms. The molecule has 6 heteroatoms. The number of halogens is 1. The van der Waals surface area contributed by atoms with Crippen LogP contribution < -0.4 is 11.1 Å². The van der Waals surface area contributed by atoms with Gasteiger partial charge in [0.05, 0.1) is 11.7 Å². The molecule has 2 aromatic rings. The first-order valence-electron chi connectivity index (χ1n) is 7.15. The molecule has 2 rings (SSSR count). The molecule has 0 spiro atoms. The number of carbonyl (C=O) groups excluding carboxylic acids is 1. The number of aromatic nitrogens is 2. The summed E-state index contributed by atoms with van der Waals surface area (Å²) in [7, 11) is 1.82. The summed E-state index contributed by atoms with van der Waals surface area (Å²) in [5.74, 6) is 0.556. The van der Waals surface area contributed by atoms with E-state index in [1.807, 2.05) is 51.2 Å². The minimum atomic E-state index is -0.577. The second-order valence-electron chi connectivity index (χ2n) is 5.18. The van der Waals surface area contributed by atoms with Crippen molar-refractivity contribution in [3.05, 3.63) is 47.2 Å².